The zero-order valence-corrected chi connectivity index (χ0v) is 5.05. The Hall–Kier alpha value is -0.590. The molecule has 0 fully saturated rings. The third-order valence-electron chi connectivity index (χ3n) is 0.685. The summed E-state index contributed by atoms with van der Waals surface area (Å²) in [5.41, 5.74) is 0. The number of aliphatic hydroxyl groups is 1. The molecule has 0 amide bonds. The van der Waals surface area contributed by atoms with Crippen molar-refractivity contribution in [3.63, 3.8) is 0 Å². The van der Waals surface area contributed by atoms with E-state index < -0.39 is 6.23 Å². The van der Waals surface area contributed by atoms with Gasteiger partial charge >= 0.3 is 0 Å². The Morgan fingerprint density at radius 1 is 1.62 bits per heavy atom. The van der Waals surface area contributed by atoms with Crippen LogP contribution in [0.3, 0.4) is 0 Å². The zero-order valence-electron chi connectivity index (χ0n) is 5.05. The molecule has 0 rings (SSSR count). The van der Waals surface area contributed by atoms with E-state index in [2.05, 4.69) is 5.32 Å². The van der Waals surface area contributed by atoms with Gasteiger partial charge in [-0.15, -0.1) is 0 Å². The molecule has 0 aliphatic rings. The summed E-state index contributed by atoms with van der Waals surface area (Å²) in [5, 5.41) is 19.3. The van der Waals surface area contributed by atoms with Crippen molar-refractivity contribution in [2.75, 3.05) is 0 Å². The minimum atomic E-state index is -0.593. The van der Waals surface area contributed by atoms with Gasteiger partial charge in [0, 0.05) is 0 Å². The maximum atomic E-state index is 8.59. The van der Waals surface area contributed by atoms with Crippen molar-refractivity contribution < 1.29 is 5.11 Å². The topological polar surface area (TPSA) is 56.0 Å². The molecule has 0 spiro atoms. The summed E-state index contributed by atoms with van der Waals surface area (Å²) in [6.07, 6.45) is -0.593. The molecule has 0 saturated heterocycles. The Morgan fingerprint density at radius 2 is 2.12 bits per heavy atom. The monoisotopic (exact) mass is 114 g/mol. The Bertz CT molecular complexity index is 95.1. The maximum Gasteiger partial charge on any atom is 0.103 e. The van der Waals surface area contributed by atoms with Crippen LogP contribution >= 0.6 is 0 Å². The van der Waals surface area contributed by atoms with Crippen molar-refractivity contribution in [3.05, 3.63) is 0 Å². The molecule has 0 aromatic carbocycles. The van der Waals surface area contributed by atoms with Crippen LogP contribution in [0.4, 0.5) is 0 Å². The lowest BCUT2D eigenvalue weighted by molar-refractivity contribution is 0.151. The molecule has 0 radical (unpaired) electrons. The van der Waals surface area contributed by atoms with Gasteiger partial charge in [-0.3, -0.25) is 5.32 Å². The van der Waals surface area contributed by atoms with E-state index >= 15 is 0 Å². The number of nitrogens with one attached hydrogen (secondary N) is 1. The summed E-state index contributed by atoms with van der Waals surface area (Å²) in [7, 11) is 0. The highest BCUT2D eigenvalue weighted by atomic mass is 16.3. The lowest BCUT2D eigenvalue weighted by atomic mass is 10.4. The van der Waals surface area contributed by atoms with Crippen LogP contribution in [0.1, 0.15) is 13.8 Å². The van der Waals surface area contributed by atoms with Gasteiger partial charge in [0.25, 0.3) is 0 Å². The molecule has 0 saturated carbocycles. The first kappa shape index (κ1) is 7.41. The number of hydrogen-bond acceptors (Lipinski definition) is 3. The largest absolute Gasteiger partial charge is 0.379 e. The molecule has 0 aromatic rings. The van der Waals surface area contributed by atoms with E-state index in [4.69, 9.17) is 10.4 Å². The van der Waals surface area contributed by atoms with Gasteiger partial charge in [0.05, 0.1) is 12.1 Å². The van der Waals surface area contributed by atoms with Crippen LogP contribution in [-0.4, -0.2) is 17.4 Å². The third kappa shape index (κ3) is 3.59. The van der Waals surface area contributed by atoms with Gasteiger partial charge in [0.2, 0.25) is 0 Å². The molecule has 8 heavy (non-hydrogen) atoms. The number of aliphatic hydroxyl groups excluding tert-OH is 1. The molecule has 46 valence electrons. The normalized spacial score (nSPS) is 16.8. The summed E-state index contributed by atoms with van der Waals surface area (Å²) in [6, 6.07) is 1.66. The molecule has 0 aliphatic heterocycles. The predicted octanol–water partition coefficient (Wildman–Crippen LogP) is -0.174. The van der Waals surface area contributed by atoms with Crippen molar-refractivity contribution in [2.24, 2.45) is 0 Å². The fraction of sp³-hybridized carbons (Fsp3) is 0.800. The summed E-state index contributed by atoms with van der Waals surface area (Å²) < 4.78 is 0. The van der Waals surface area contributed by atoms with Gasteiger partial charge in [0.15, 0.2) is 0 Å². The Morgan fingerprint density at radius 3 is 2.25 bits per heavy atom. The summed E-state index contributed by atoms with van der Waals surface area (Å²) in [5.74, 6) is 0. The number of hydrogen-bond donors (Lipinski definition) is 2. The van der Waals surface area contributed by atoms with E-state index in [-0.39, 0.29) is 6.04 Å². The van der Waals surface area contributed by atoms with Crippen molar-refractivity contribution >= 4 is 0 Å². The van der Waals surface area contributed by atoms with E-state index in [1.807, 2.05) is 6.07 Å². The smallest absolute Gasteiger partial charge is 0.103 e. The fourth-order valence-corrected chi connectivity index (χ4v) is 0.399. The minimum Gasteiger partial charge on any atom is -0.379 e. The quantitative estimate of drug-likeness (QED) is 0.490. The highest BCUT2D eigenvalue weighted by Gasteiger charge is 1.99. The van der Waals surface area contributed by atoms with Crippen LogP contribution in [0.15, 0.2) is 0 Å². The number of nitriles is 1. The molecule has 3 heteroatoms. The van der Waals surface area contributed by atoms with E-state index in [0.717, 1.165) is 0 Å². The van der Waals surface area contributed by atoms with Crippen LogP contribution in [0, 0.1) is 11.3 Å². The van der Waals surface area contributed by atoms with Crippen molar-refractivity contribution in [1.82, 2.24) is 5.32 Å². The SMILES string of the molecule is CC(O)NC(C)C#N. The lowest BCUT2D eigenvalue weighted by Gasteiger charge is -2.06. The number of nitrogens with zero attached hydrogens (tertiary/aromatic N) is 1. The van der Waals surface area contributed by atoms with Gasteiger partial charge in [-0.25, -0.2) is 0 Å². The standard InChI is InChI=1S/C5H10N2O/c1-4(3-6)7-5(2)8/h4-5,7-8H,1-2H3. The van der Waals surface area contributed by atoms with Crippen molar-refractivity contribution in [2.45, 2.75) is 26.1 Å². The van der Waals surface area contributed by atoms with E-state index in [9.17, 15) is 0 Å². The Kier molecular flexibility index (Phi) is 3.16. The molecule has 2 unspecified atom stereocenters. The lowest BCUT2D eigenvalue weighted by Crippen LogP contribution is -2.32. The second kappa shape index (κ2) is 3.42. The van der Waals surface area contributed by atoms with Gasteiger partial charge in [-0.05, 0) is 13.8 Å². The molecule has 0 aliphatic carbocycles. The van der Waals surface area contributed by atoms with Crippen LogP contribution in [0.25, 0.3) is 0 Å². The molecule has 0 bridgehead atoms. The van der Waals surface area contributed by atoms with E-state index in [1.165, 1.54) is 0 Å². The van der Waals surface area contributed by atoms with Crippen molar-refractivity contribution in [3.8, 4) is 6.07 Å². The second-order valence-corrected chi connectivity index (χ2v) is 1.69. The molecule has 2 N–H and O–H groups in total. The van der Waals surface area contributed by atoms with Crippen LogP contribution in [0.5, 0.6) is 0 Å². The molecule has 2 atom stereocenters. The van der Waals surface area contributed by atoms with Crippen LogP contribution < -0.4 is 5.32 Å². The molecule has 0 aromatic heterocycles. The van der Waals surface area contributed by atoms with Crippen LogP contribution in [-0.2, 0) is 0 Å². The highest BCUT2D eigenvalue weighted by Crippen LogP contribution is 1.78. The summed E-state index contributed by atoms with van der Waals surface area (Å²) in [6.45, 7) is 3.26. The van der Waals surface area contributed by atoms with Crippen LogP contribution in [0.2, 0.25) is 0 Å². The average molecular weight is 114 g/mol. The van der Waals surface area contributed by atoms with Gasteiger partial charge in [-0.1, -0.05) is 0 Å². The Balaban J connectivity index is 3.28. The Labute approximate surface area is 48.9 Å². The average Bonchev–Trinajstić information content (AvgIpc) is 1.65. The number of rotatable bonds is 2. The fourth-order valence-electron chi connectivity index (χ4n) is 0.399. The maximum absolute atomic E-state index is 8.59. The third-order valence-corrected chi connectivity index (χ3v) is 0.685. The molecule has 3 nitrogen and oxygen atoms in total. The summed E-state index contributed by atoms with van der Waals surface area (Å²) >= 11 is 0. The first-order valence-corrected chi connectivity index (χ1v) is 2.50. The van der Waals surface area contributed by atoms with Gasteiger partial charge < -0.3 is 5.11 Å². The summed E-state index contributed by atoms with van der Waals surface area (Å²) in [4.78, 5) is 0. The van der Waals surface area contributed by atoms with Gasteiger partial charge in [-0.2, -0.15) is 5.26 Å². The van der Waals surface area contributed by atoms with E-state index in [0.29, 0.717) is 0 Å². The van der Waals surface area contributed by atoms with E-state index in [1.54, 1.807) is 13.8 Å². The molecular formula is C5H10N2O. The molecule has 0 heterocycles. The van der Waals surface area contributed by atoms with Crippen molar-refractivity contribution in [1.29, 1.82) is 5.26 Å². The zero-order chi connectivity index (χ0) is 6.57. The molecular weight excluding hydrogens is 104 g/mol. The first-order chi connectivity index (χ1) is 3.66. The second-order valence-electron chi connectivity index (χ2n) is 1.69. The first-order valence-electron chi connectivity index (χ1n) is 2.50. The minimum absolute atomic E-state index is 0.269. The highest BCUT2D eigenvalue weighted by molar-refractivity contribution is 4.85. The van der Waals surface area contributed by atoms with Gasteiger partial charge in [0.1, 0.15) is 6.23 Å². The predicted molar refractivity (Wildman–Crippen MR) is 29.9 cm³/mol.